The number of fused-ring (bicyclic) bond motifs is 1. The molecule has 0 aliphatic rings. The highest BCUT2D eigenvalue weighted by molar-refractivity contribution is 7.80. The molecule has 0 radical (unpaired) electrons. The van der Waals surface area contributed by atoms with Crippen LogP contribution in [-0.4, -0.2) is 27.2 Å². The molecule has 140 valence electrons. The molecule has 0 unspecified atom stereocenters. The minimum atomic E-state index is -0.324. The van der Waals surface area contributed by atoms with Crippen molar-refractivity contribution in [3.05, 3.63) is 63.8 Å². The molecule has 1 aromatic heterocycles. The number of benzene rings is 2. The second-order valence-electron chi connectivity index (χ2n) is 6.37. The van der Waals surface area contributed by atoms with Gasteiger partial charge in [-0.2, -0.15) is 0 Å². The number of carbonyl (C=O) groups is 1. The number of nitrogens with zero attached hydrogens (tertiary/aromatic N) is 1. The van der Waals surface area contributed by atoms with Crippen LogP contribution in [0.2, 0.25) is 5.02 Å². The van der Waals surface area contributed by atoms with E-state index in [1.807, 2.05) is 42.7 Å². The van der Waals surface area contributed by atoms with Crippen molar-refractivity contribution in [3.63, 3.8) is 0 Å². The fourth-order valence-electron chi connectivity index (χ4n) is 3.16. The summed E-state index contributed by atoms with van der Waals surface area (Å²) in [5, 5.41) is 11.0. The highest BCUT2D eigenvalue weighted by Crippen LogP contribution is 2.35. The first-order chi connectivity index (χ1) is 12.8. The number of hydrogen-bond acceptors (Lipinski definition) is 4. The van der Waals surface area contributed by atoms with Crippen LogP contribution in [0.25, 0.3) is 10.9 Å². The molecule has 0 atom stereocenters. The van der Waals surface area contributed by atoms with Gasteiger partial charge >= 0.3 is 5.97 Å². The van der Waals surface area contributed by atoms with Crippen LogP contribution < -0.4 is 0 Å². The van der Waals surface area contributed by atoms with E-state index in [1.165, 1.54) is 0 Å². The summed E-state index contributed by atoms with van der Waals surface area (Å²) in [6, 6.07) is 11.2. The van der Waals surface area contributed by atoms with E-state index in [4.69, 9.17) is 28.6 Å². The maximum Gasteiger partial charge on any atom is 0.310 e. The SMILES string of the molecule is CCOC(=O)Cc1c(C)n(C(=S)c2ccc(C)cc2)c2cc(Cl)c(O)cc12. The maximum atomic E-state index is 12.1. The first-order valence-electron chi connectivity index (χ1n) is 8.62. The van der Waals surface area contributed by atoms with E-state index in [9.17, 15) is 9.90 Å². The molecule has 0 saturated heterocycles. The average Bonchev–Trinajstić information content (AvgIpc) is 2.87. The van der Waals surface area contributed by atoms with Crippen molar-refractivity contribution >= 4 is 45.7 Å². The van der Waals surface area contributed by atoms with Crippen molar-refractivity contribution in [1.82, 2.24) is 4.57 Å². The summed E-state index contributed by atoms with van der Waals surface area (Å²) in [5.41, 5.74) is 4.38. The van der Waals surface area contributed by atoms with Gasteiger partial charge in [0.25, 0.3) is 0 Å². The third kappa shape index (κ3) is 3.70. The summed E-state index contributed by atoms with van der Waals surface area (Å²) in [7, 11) is 0. The molecule has 0 bridgehead atoms. The number of thiocarbonyl (C=S) groups is 1. The second kappa shape index (κ2) is 7.71. The second-order valence-corrected chi connectivity index (χ2v) is 7.17. The molecule has 0 fully saturated rings. The van der Waals surface area contributed by atoms with E-state index < -0.39 is 0 Å². The maximum absolute atomic E-state index is 12.1. The standard InChI is InChI=1S/C21H20ClNO3S/c1-4-26-20(25)10-15-13(3)23(18-11-17(22)19(24)9-16(15)18)21(27)14-7-5-12(2)6-8-14/h5-9,11,24H,4,10H2,1-3H3. The van der Waals surface area contributed by atoms with Crippen LogP contribution in [0.3, 0.4) is 0 Å². The van der Waals surface area contributed by atoms with Crippen molar-refractivity contribution in [2.24, 2.45) is 0 Å². The average molecular weight is 402 g/mol. The molecular weight excluding hydrogens is 382 g/mol. The summed E-state index contributed by atoms with van der Waals surface area (Å²) in [4.78, 5) is 12.7. The molecule has 0 aliphatic heterocycles. The smallest absolute Gasteiger partial charge is 0.310 e. The lowest BCUT2D eigenvalue weighted by molar-refractivity contribution is -0.142. The topological polar surface area (TPSA) is 51.5 Å². The van der Waals surface area contributed by atoms with E-state index >= 15 is 0 Å². The predicted molar refractivity (Wildman–Crippen MR) is 112 cm³/mol. The number of phenolic OH excluding ortho intramolecular Hbond substituents is 1. The van der Waals surface area contributed by atoms with Crippen LogP contribution in [-0.2, 0) is 16.0 Å². The molecule has 27 heavy (non-hydrogen) atoms. The Hall–Kier alpha value is -2.37. The van der Waals surface area contributed by atoms with E-state index in [-0.39, 0.29) is 23.2 Å². The molecule has 0 aliphatic carbocycles. The van der Waals surface area contributed by atoms with E-state index in [0.717, 1.165) is 33.3 Å². The Balaban J connectivity index is 2.21. The molecule has 1 N–H and O–H groups in total. The Bertz CT molecular complexity index is 1040. The van der Waals surface area contributed by atoms with Gasteiger partial charge in [-0.25, -0.2) is 0 Å². The van der Waals surface area contributed by atoms with Crippen LogP contribution in [0.1, 0.15) is 29.3 Å². The van der Waals surface area contributed by atoms with Gasteiger partial charge in [0.15, 0.2) is 0 Å². The molecule has 6 heteroatoms. The molecular formula is C21H20ClNO3S. The summed E-state index contributed by atoms with van der Waals surface area (Å²) in [6.07, 6.45) is 0.0980. The fraction of sp³-hybridized carbons (Fsp3) is 0.238. The van der Waals surface area contributed by atoms with E-state index in [2.05, 4.69) is 0 Å². The quantitative estimate of drug-likeness (QED) is 0.496. The summed E-state index contributed by atoms with van der Waals surface area (Å²) in [5.74, 6) is -0.358. The Labute approximate surface area is 168 Å². The zero-order valence-electron chi connectivity index (χ0n) is 15.4. The van der Waals surface area contributed by atoms with Gasteiger partial charge in [0.05, 0.1) is 23.6 Å². The molecule has 2 aromatic carbocycles. The summed E-state index contributed by atoms with van der Waals surface area (Å²) in [6.45, 7) is 6.00. The lowest BCUT2D eigenvalue weighted by Gasteiger charge is -2.11. The Kier molecular flexibility index (Phi) is 5.53. The number of carbonyl (C=O) groups excluding carboxylic acids is 1. The zero-order chi connectivity index (χ0) is 19.7. The molecule has 0 amide bonds. The van der Waals surface area contributed by atoms with Gasteiger partial charge in [0, 0.05) is 16.6 Å². The highest BCUT2D eigenvalue weighted by atomic mass is 35.5. The first-order valence-corrected chi connectivity index (χ1v) is 9.41. The van der Waals surface area contributed by atoms with Crippen LogP contribution in [0.15, 0.2) is 36.4 Å². The van der Waals surface area contributed by atoms with E-state index in [1.54, 1.807) is 19.1 Å². The summed E-state index contributed by atoms with van der Waals surface area (Å²) < 4.78 is 7.00. The van der Waals surface area contributed by atoms with Crippen molar-refractivity contribution in [2.45, 2.75) is 27.2 Å². The first kappa shape index (κ1) is 19.4. The largest absolute Gasteiger partial charge is 0.506 e. The number of phenols is 1. The molecule has 3 rings (SSSR count). The number of halogens is 1. The van der Waals surface area contributed by atoms with Gasteiger partial charge in [-0.1, -0.05) is 53.6 Å². The molecule has 0 spiro atoms. The van der Waals surface area contributed by atoms with Gasteiger partial charge in [-0.15, -0.1) is 0 Å². The van der Waals surface area contributed by atoms with Crippen LogP contribution in [0, 0.1) is 13.8 Å². The van der Waals surface area contributed by atoms with Gasteiger partial charge in [0.1, 0.15) is 10.7 Å². The van der Waals surface area contributed by atoms with Gasteiger partial charge < -0.3 is 14.4 Å². The van der Waals surface area contributed by atoms with Crippen LogP contribution in [0.4, 0.5) is 0 Å². The lowest BCUT2D eigenvalue weighted by Crippen LogP contribution is -2.13. The molecule has 3 aromatic rings. The monoisotopic (exact) mass is 401 g/mol. The lowest BCUT2D eigenvalue weighted by atomic mass is 10.1. The number of hydrogen-bond donors (Lipinski definition) is 1. The molecule has 0 saturated carbocycles. The third-order valence-corrected chi connectivity index (χ3v) is 5.25. The Morgan fingerprint density at radius 3 is 2.52 bits per heavy atom. The van der Waals surface area contributed by atoms with E-state index in [0.29, 0.717) is 11.6 Å². The van der Waals surface area contributed by atoms with Crippen LogP contribution in [0.5, 0.6) is 5.75 Å². The number of ether oxygens (including phenoxy) is 1. The minimum absolute atomic E-state index is 0.0346. The zero-order valence-corrected chi connectivity index (χ0v) is 16.9. The third-order valence-electron chi connectivity index (χ3n) is 4.53. The van der Waals surface area contributed by atoms with Crippen molar-refractivity contribution in [2.75, 3.05) is 6.61 Å². The van der Waals surface area contributed by atoms with Crippen molar-refractivity contribution in [3.8, 4) is 5.75 Å². The fourth-order valence-corrected chi connectivity index (χ4v) is 3.68. The Morgan fingerprint density at radius 1 is 1.22 bits per heavy atom. The normalized spacial score (nSPS) is 11.0. The number of esters is 1. The van der Waals surface area contributed by atoms with Crippen LogP contribution >= 0.6 is 23.8 Å². The number of aryl methyl sites for hydroxylation is 1. The Morgan fingerprint density at radius 2 is 1.89 bits per heavy atom. The van der Waals surface area contributed by atoms with Gasteiger partial charge in [-0.05, 0) is 38.5 Å². The predicted octanol–water partition coefficient (Wildman–Crippen LogP) is 4.95. The van der Waals surface area contributed by atoms with Crippen molar-refractivity contribution < 1.29 is 14.6 Å². The van der Waals surface area contributed by atoms with Gasteiger partial charge in [0.2, 0.25) is 0 Å². The summed E-state index contributed by atoms with van der Waals surface area (Å²) >= 11 is 11.9. The van der Waals surface area contributed by atoms with Crippen molar-refractivity contribution in [1.29, 1.82) is 0 Å². The number of aromatic hydroxyl groups is 1. The molecule has 1 heterocycles. The highest BCUT2D eigenvalue weighted by Gasteiger charge is 2.21. The van der Waals surface area contributed by atoms with Gasteiger partial charge in [-0.3, -0.25) is 4.79 Å². The number of aromatic nitrogens is 1. The minimum Gasteiger partial charge on any atom is -0.506 e. The number of rotatable bonds is 4. The molecule has 4 nitrogen and oxygen atoms in total.